The molecule has 0 heterocycles. The number of nitro benzene ring substituents is 1. The number of benzene rings is 2. The third-order valence-electron chi connectivity index (χ3n) is 3.83. The van der Waals surface area contributed by atoms with E-state index >= 15 is 0 Å². The zero-order valence-corrected chi connectivity index (χ0v) is 17.0. The quantitative estimate of drug-likeness (QED) is 0.257. The lowest BCUT2D eigenvalue weighted by Crippen LogP contribution is -2.46. The van der Waals surface area contributed by atoms with E-state index < -0.39 is 26.9 Å². The molecule has 144 valence electrons. The summed E-state index contributed by atoms with van der Waals surface area (Å²) in [5, 5.41) is 19.7. The first-order chi connectivity index (χ1) is 12.7. The normalized spacial score (nSPS) is 12.6. The van der Waals surface area contributed by atoms with E-state index in [9.17, 15) is 23.3 Å². The molecular formula is C16H16IN3O6S. The summed E-state index contributed by atoms with van der Waals surface area (Å²) in [6.07, 6.45) is 0. The average Bonchev–Trinajstić information content (AvgIpc) is 2.65. The van der Waals surface area contributed by atoms with E-state index in [0.29, 0.717) is 5.56 Å². The van der Waals surface area contributed by atoms with Gasteiger partial charge in [0.15, 0.2) is 0 Å². The maximum absolute atomic E-state index is 13.0. The fourth-order valence-electron chi connectivity index (χ4n) is 2.30. The fourth-order valence-corrected chi connectivity index (χ4v) is 4.24. The lowest BCUT2D eigenvalue weighted by atomic mass is 10.2. The van der Waals surface area contributed by atoms with Gasteiger partial charge in [0.05, 0.1) is 9.82 Å². The van der Waals surface area contributed by atoms with Gasteiger partial charge in [-0.15, -0.1) is 0 Å². The van der Waals surface area contributed by atoms with Crippen molar-refractivity contribution in [2.75, 3.05) is 0 Å². The van der Waals surface area contributed by atoms with Crippen LogP contribution in [0.4, 0.5) is 5.69 Å². The fraction of sp³-hybridized carbons (Fsp3) is 0.188. The van der Waals surface area contributed by atoms with E-state index in [2.05, 4.69) is 0 Å². The van der Waals surface area contributed by atoms with Crippen molar-refractivity contribution >= 4 is 44.2 Å². The first kappa shape index (κ1) is 21.2. The van der Waals surface area contributed by atoms with Crippen LogP contribution in [0, 0.1) is 13.7 Å². The Bertz CT molecular complexity index is 932. The lowest BCUT2D eigenvalue weighted by Gasteiger charge is -2.27. The zero-order valence-electron chi connectivity index (χ0n) is 14.1. The number of sulfonamides is 1. The molecule has 9 nitrogen and oxygen atoms in total. The highest BCUT2D eigenvalue weighted by Gasteiger charge is 2.33. The number of non-ortho nitro benzene ring substituents is 1. The van der Waals surface area contributed by atoms with Crippen LogP contribution in [0.2, 0.25) is 0 Å². The molecule has 0 aliphatic carbocycles. The van der Waals surface area contributed by atoms with E-state index in [4.69, 9.17) is 5.21 Å². The molecule has 2 N–H and O–H groups in total. The average molecular weight is 505 g/mol. The number of rotatable bonds is 7. The van der Waals surface area contributed by atoms with Crippen molar-refractivity contribution in [3.05, 3.63) is 67.8 Å². The molecule has 0 saturated carbocycles. The lowest BCUT2D eigenvalue weighted by molar-refractivity contribution is -0.384. The van der Waals surface area contributed by atoms with Crippen LogP contribution in [-0.2, 0) is 21.4 Å². The third kappa shape index (κ3) is 5.00. The van der Waals surface area contributed by atoms with Crippen LogP contribution in [0.1, 0.15) is 12.5 Å². The number of hydroxylamine groups is 1. The second kappa shape index (κ2) is 8.73. The van der Waals surface area contributed by atoms with E-state index in [1.165, 1.54) is 48.8 Å². The van der Waals surface area contributed by atoms with E-state index in [0.717, 1.165) is 7.88 Å². The molecule has 2 aromatic carbocycles. The number of carbonyl (C=O) groups excluding carboxylic acids is 1. The van der Waals surface area contributed by atoms with Crippen LogP contribution in [0.5, 0.6) is 0 Å². The Kier molecular flexibility index (Phi) is 6.86. The molecule has 0 radical (unpaired) electrons. The summed E-state index contributed by atoms with van der Waals surface area (Å²) in [5.41, 5.74) is 1.77. The van der Waals surface area contributed by atoms with Gasteiger partial charge in [-0.05, 0) is 59.3 Å². The largest absolute Gasteiger partial charge is 0.289 e. The highest BCUT2D eigenvalue weighted by Crippen LogP contribution is 2.23. The SMILES string of the molecule is C[C@@H](C(=O)NO)N(Cc1ccc([N+](=O)[O-])cc1)S(=O)(=O)c1ccc(I)cc1. The number of hydrogen-bond donors (Lipinski definition) is 2. The summed E-state index contributed by atoms with van der Waals surface area (Å²) in [6.45, 7) is 1.13. The van der Waals surface area contributed by atoms with E-state index in [-0.39, 0.29) is 17.1 Å². The Morgan fingerprint density at radius 3 is 2.26 bits per heavy atom. The van der Waals surface area contributed by atoms with Crippen LogP contribution in [0.15, 0.2) is 53.4 Å². The van der Waals surface area contributed by atoms with Gasteiger partial charge in [-0.25, -0.2) is 13.9 Å². The van der Waals surface area contributed by atoms with Gasteiger partial charge in [0.2, 0.25) is 10.0 Å². The van der Waals surface area contributed by atoms with E-state index in [1.807, 2.05) is 22.6 Å². The van der Waals surface area contributed by atoms with Crippen molar-refractivity contribution in [3.63, 3.8) is 0 Å². The van der Waals surface area contributed by atoms with Crippen molar-refractivity contribution < 1.29 is 23.3 Å². The predicted molar refractivity (Wildman–Crippen MR) is 104 cm³/mol. The summed E-state index contributed by atoms with van der Waals surface area (Å²) in [4.78, 5) is 22.0. The molecule has 1 atom stereocenters. The first-order valence-corrected chi connectivity index (χ1v) is 10.1. The molecular weight excluding hydrogens is 489 g/mol. The molecule has 27 heavy (non-hydrogen) atoms. The van der Waals surface area contributed by atoms with Crippen LogP contribution < -0.4 is 5.48 Å². The number of amides is 1. The molecule has 0 aliphatic heterocycles. The Labute approximate surface area is 169 Å². The molecule has 2 rings (SSSR count). The van der Waals surface area contributed by atoms with Gasteiger partial charge in [-0.1, -0.05) is 12.1 Å². The van der Waals surface area contributed by atoms with Gasteiger partial charge >= 0.3 is 0 Å². The summed E-state index contributed by atoms with van der Waals surface area (Å²) in [5.74, 6) is -0.897. The number of carbonyl (C=O) groups is 1. The molecule has 0 aliphatic rings. The van der Waals surface area contributed by atoms with Gasteiger partial charge in [0.1, 0.15) is 6.04 Å². The minimum absolute atomic E-state index is 0.0117. The minimum Gasteiger partial charge on any atom is -0.289 e. The molecule has 0 bridgehead atoms. The highest BCUT2D eigenvalue weighted by molar-refractivity contribution is 14.1. The van der Waals surface area contributed by atoms with Gasteiger partial charge in [0, 0.05) is 22.2 Å². The maximum Gasteiger partial charge on any atom is 0.269 e. The zero-order chi connectivity index (χ0) is 20.2. The number of hydrogen-bond acceptors (Lipinski definition) is 6. The van der Waals surface area contributed by atoms with E-state index in [1.54, 1.807) is 12.1 Å². The Morgan fingerprint density at radius 1 is 1.22 bits per heavy atom. The molecule has 2 aromatic rings. The predicted octanol–water partition coefficient (Wildman–Crippen LogP) is 2.28. The Balaban J connectivity index is 2.43. The maximum atomic E-state index is 13.0. The second-order valence-corrected chi connectivity index (χ2v) is 8.72. The molecule has 0 aromatic heterocycles. The monoisotopic (exact) mass is 505 g/mol. The molecule has 0 saturated heterocycles. The van der Waals surface area contributed by atoms with Crippen LogP contribution in [0.25, 0.3) is 0 Å². The van der Waals surface area contributed by atoms with Gasteiger partial charge < -0.3 is 0 Å². The van der Waals surface area contributed by atoms with Crippen molar-refractivity contribution in [3.8, 4) is 0 Å². The highest BCUT2D eigenvalue weighted by atomic mass is 127. The minimum atomic E-state index is -4.07. The molecule has 1 amide bonds. The summed E-state index contributed by atoms with van der Waals surface area (Å²) in [6, 6.07) is 10.2. The molecule has 0 spiro atoms. The second-order valence-electron chi connectivity index (χ2n) is 5.58. The Hall–Kier alpha value is -2.09. The van der Waals surface area contributed by atoms with Gasteiger partial charge in [-0.3, -0.25) is 20.1 Å². The topological polar surface area (TPSA) is 130 Å². The number of nitro groups is 1. The van der Waals surface area contributed by atoms with Crippen molar-refractivity contribution in [1.29, 1.82) is 0 Å². The number of halogens is 1. The number of nitrogens with zero attached hydrogens (tertiary/aromatic N) is 2. The standard InChI is InChI=1S/C16H16IN3O6S/c1-11(16(21)18-22)19(10-12-2-6-14(7-3-12)20(23)24)27(25,26)15-8-4-13(17)5-9-15/h2-9,11,22H,10H2,1H3,(H,18,21)/t11-/m0/s1. The number of nitrogens with one attached hydrogen (secondary N) is 1. The summed E-state index contributed by atoms with van der Waals surface area (Å²) < 4.78 is 27.8. The van der Waals surface area contributed by atoms with Crippen LogP contribution in [-0.4, -0.2) is 34.8 Å². The molecule has 11 heteroatoms. The van der Waals surface area contributed by atoms with Crippen molar-refractivity contribution in [2.45, 2.75) is 24.4 Å². The Morgan fingerprint density at radius 2 is 1.78 bits per heavy atom. The van der Waals surface area contributed by atoms with Gasteiger partial charge in [0.25, 0.3) is 11.6 Å². The molecule has 0 unspecified atom stereocenters. The summed E-state index contributed by atoms with van der Waals surface area (Å²) in [7, 11) is -4.07. The van der Waals surface area contributed by atoms with Crippen molar-refractivity contribution in [2.24, 2.45) is 0 Å². The summed E-state index contributed by atoms with van der Waals surface area (Å²) >= 11 is 2.04. The van der Waals surface area contributed by atoms with Crippen molar-refractivity contribution in [1.82, 2.24) is 9.79 Å². The first-order valence-electron chi connectivity index (χ1n) is 7.61. The van der Waals surface area contributed by atoms with Crippen LogP contribution >= 0.6 is 22.6 Å². The third-order valence-corrected chi connectivity index (χ3v) is 6.48. The van der Waals surface area contributed by atoms with Gasteiger partial charge in [-0.2, -0.15) is 4.31 Å². The van der Waals surface area contributed by atoms with Crippen LogP contribution in [0.3, 0.4) is 0 Å². The molecule has 0 fully saturated rings. The smallest absolute Gasteiger partial charge is 0.269 e.